The van der Waals surface area contributed by atoms with Crippen LogP contribution in [0.1, 0.15) is 12.8 Å². The van der Waals surface area contributed by atoms with Crippen LogP contribution in [0.15, 0.2) is 48.5 Å². The molecule has 7 nitrogen and oxygen atoms in total. The number of hydrogen-bond donors (Lipinski definition) is 3. The molecule has 1 aliphatic rings. The van der Waals surface area contributed by atoms with Crippen molar-refractivity contribution < 1.29 is 19.1 Å². The van der Waals surface area contributed by atoms with Gasteiger partial charge in [0.05, 0.1) is 13.0 Å². The van der Waals surface area contributed by atoms with E-state index in [4.69, 9.17) is 9.47 Å². The maximum atomic E-state index is 12.4. The molecule has 3 rings (SSSR count). The maximum Gasteiger partial charge on any atom is 0.262 e. The van der Waals surface area contributed by atoms with E-state index in [1.54, 1.807) is 43.5 Å². The predicted molar refractivity (Wildman–Crippen MR) is 108 cm³/mol. The Morgan fingerprint density at radius 2 is 1.82 bits per heavy atom. The topological polar surface area (TPSA) is 88.7 Å². The molecule has 148 valence electrons. The van der Waals surface area contributed by atoms with E-state index in [0.717, 1.165) is 19.4 Å². The first-order valence-electron chi connectivity index (χ1n) is 9.33. The van der Waals surface area contributed by atoms with E-state index in [1.807, 2.05) is 12.1 Å². The first-order valence-corrected chi connectivity index (χ1v) is 9.33. The van der Waals surface area contributed by atoms with Crippen LogP contribution >= 0.6 is 0 Å². The monoisotopic (exact) mass is 383 g/mol. The highest BCUT2D eigenvalue weighted by Gasteiger charge is 2.20. The Hall–Kier alpha value is -3.06. The molecular weight excluding hydrogens is 358 g/mol. The van der Waals surface area contributed by atoms with Gasteiger partial charge in [-0.3, -0.25) is 9.59 Å². The van der Waals surface area contributed by atoms with Gasteiger partial charge in [-0.2, -0.15) is 0 Å². The number of anilines is 2. The van der Waals surface area contributed by atoms with Crippen LogP contribution in [0.2, 0.25) is 0 Å². The lowest BCUT2D eigenvalue weighted by Gasteiger charge is -2.22. The van der Waals surface area contributed by atoms with Gasteiger partial charge < -0.3 is 25.4 Å². The van der Waals surface area contributed by atoms with Crippen molar-refractivity contribution in [1.82, 2.24) is 5.32 Å². The molecule has 1 fully saturated rings. The lowest BCUT2D eigenvalue weighted by Crippen LogP contribution is -2.37. The molecule has 2 aromatic carbocycles. The van der Waals surface area contributed by atoms with E-state index in [1.165, 1.54) is 0 Å². The molecule has 1 heterocycles. The van der Waals surface area contributed by atoms with E-state index in [-0.39, 0.29) is 24.3 Å². The van der Waals surface area contributed by atoms with Crippen LogP contribution in [-0.2, 0) is 9.59 Å². The SMILES string of the molecule is COc1ccccc1OCC(=O)Nc1cccc(NC(=O)C2CCCNC2)c1. The predicted octanol–water partition coefficient (Wildman–Crippen LogP) is 2.65. The Morgan fingerprint density at radius 1 is 1.07 bits per heavy atom. The maximum absolute atomic E-state index is 12.4. The minimum atomic E-state index is -0.300. The second-order valence-electron chi connectivity index (χ2n) is 6.60. The molecule has 2 amide bonds. The fraction of sp³-hybridized carbons (Fsp3) is 0.333. The van der Waals surface area contributed by atoms with Gasteiger partial charge in [0, 0.05) is 17.9 Å². The summed E-state index contributed by atoms with van der Waals surface area (Å²) in [6.07, 6.45) is 1.88. The van der Waals surface area contributed by atoms with Gasteiger partial charge in [0.1, 0.15) is 0 Å². The molecule has 7 heteroatoms. The van der Waals surface area contributed by atoms with Gasteiger partial charge in [-0.15, -0.1) is 0 Å². The van der Waals surface area contributed by atoms with Gasteiger partial charge in [-0.25, -0.2) is 0 Å². The Bertz CT molecular complexity index is 819. The first kappa shape index (κ1) is 19.7. The number of ether oxygens (including phenoxy) is 2. The number of amides is 2. The van der Waals surface area contributed by atoms with Crippen LogP contribution in [-0.4, -0.2) is 38.6 Å². The van der Waals surface area contributed by atoms with E-state index in [9.17, 15) is 9.59 Å². The third kappa shape index (κ3) is 5.47. The van der Waals surface area contributed by atoms with Gasteiger partial charge in [0.25, 0.3) is 5.91 Å². The lowest BCUT2D eigenvalue weighted by atomic mass is 9.99. The number of methoxy groups -OCH3 is 1. The molecule has 1 unspecified atom stereocenters. The zero-order valence-corrected chi connectivity index (χ0v) is 15.9. The Morgan fingerprint density at radius 3 is 2.54 bits per heavy atom. The minimum Gasteiger partial charge on any atom is -0.493 e. The summed E-state index contributed by atoms with van der Waals surface area (Å²) in [7, 11) is 1.55. The zero-order valence-electron chi connectivity index (χ0n) is 15.9. The fourth-order valence-electron chi connectivity index (χ4n) is 3.07. The summed E-state index contributed by atoms with van der Waals surface area (Å²) in [5, 5.41) is 8.93. The molecule has 0 aromatic heterocycles. The van der Waals surface area contributed by atoms with Gasteiger partial charge in [-0.1, -0.05) is 18.2 Å². The number of rotatable bonds is 7. The van der Waals surface area contributed by atoms with Gasteiger partial charge >= 0.3 is 0 Å². The summed E-state index contributed by atoms with van der Waals surface area (Å²) >= 11 is 0. The summed E-state index contributed by atoms with van der Waals surface area (Å²) < 4.78 is 10.7. The molecule has 0 bridgehead atoms. The first-order chi connectivity index (χ1) is 13.7. The van der Waals surface area contributed by atoms with Crippen molar-refractivity contribution in [3.63, 3.8) is 0 Å². The van der Waals surface area contributed by atoms with Crippen molar-refractivity contribution in [2.75, 3.05) is 37.4 Å². The Balaban J connectivity index is 1.53. The highest BCUT2D eigenvalue weighted by Crippen LogP contribution is 2.25. The van der Waals surface area contributed by atoms with Gasteiger partial charge in [0.15, 0.2) is 18.1 Å². The van der Waals surface area contributed by atoms with Crippen LogP contribution in [0.3, 0.4) is 0 Å². The summed E-state index contributed by atoms with van der Waals surface area (Å²) in [5.41, 5.74) is 1.24. The second kappa shape index (κ2) is 9.75. The second-order valence-corrected chi connectivity index (χ2v) is 6.60. The number of benzene rings is 2. The van der Waals surface area contributed by atoms with Crippen LogP contribution < -0.4 is 25.4 Å². The third-order valence-electron chi connectivity index (χ3n) is 4.51. The largest absolute Gasteiger partial charge is 0.493 e. The quantitative estimate of drug-likeness (QED) is 0.684. The summed E-state index contributed by atoms with van der Waals surface area (Å²) in [6.45, 7) is 1.51. The molecule has 3 N–H and O–H groups in total. The summed E-state index contributed by atoms with van der Waals surface area (Å²) in [4.78, 5) is 24.5. The van der Waals surface area contributed by atoms with Gasteiger partial charge in [-0.05, 0) is 49.7 Å². The summed E-state index contributed by atoms with van der Waals surface area (Å²) in [5.74, 6) is 0.738. The Labute approximate surface area is 164 Å². The number of carbonyl (C=O) groups excluding carboxylic acids is 2. The summed E-state index contributed by atoms with van der Waals surface area (Å²) in [6, 6.07) is 14.2. The normalized spacial score (nSPS) is 16.1. The number of carbonyl (C=O) groups is 2. The average molecular weight is 383 g/mol. The van der Waals surface area contributed by atoms with Gasteiger partial charge in [0.2, 0.25) is 5.91 Å². The number of piperidine rings is 1. The standard InChI is InChI=1S/C21H25N3O4/c1-27-18-9-2-3-10-19(18)28-14-20(25)23-16-7-4-8-17(12-16)24-21(26)15-6-5-11-22-13-15/h2-4,7-10,12,15,22H,5-6,11,13-14H2,1H3,(H,23,25)(H,24,26). The number of hydrogen-bond acceptors (Lipinski definition) is 5. The van der Waals surface area contributed by atoms with Crippen molar-refractivity contribution in [3.05, 3.63) is 48.5 Å². The molecule has 0 radical (unpaired) electrons. The third-order valence-corrected chi connectivity index (χ3v) is 4.51. The molecule has 1 atom stereocenters. The molecule has 28 heavy (non-hydrogen) atoms. The van der Waals surface area contributed by atoms with Crippen LogP contribution in [0.25, 0.3) is 0 Å². The fourth-order valence-corrected chi connectivity index (χ4v) is 3.07. The van der Waals surface area contributed by atoms with Crippen LogP contribution in [0.5, 0.6) is 11.5 Å². The van der Waals surface area contributed by atoms with Crippen molar-refractivity contribution in [3.8, 4) is 11.5 Å². The van der Waals surface area contributed by atoms with E-state index in [0.29, 0.717) is 29.4 Å². The highest BCUT2D eigenvalue weighted by molar-refractivity contribution is 5.95. The molecular formula is C21H25N3O4. The van der Waals surface area contributed by atoms with Crippen molar-refractivity contribution >= 4 is 23.2 Å². The zero-order chi connectivity index (χ0) is 19.8. The van der Waals surface area contributed by atoms with Crippen LogP contribution in [0.4, 0.5) is 11.4 Å². The van der Waals surface area contributed by atoms with E-state index >= 15 is 0 Å². The molecule has 1 aliphatic heterocycles. The van der Waals surface area contributed by atoms with Crippen LogP contribution in [0, 0.1) is 5.92 Å². The molecule has 2 aromatic rings. The minimum absolute atomic E-state index is 0.00446. The van der Waals surface area contributed by atoms with Crippen molar-refractivity contribution in [2.24, 2.45) is 5.92 Å². The number of nitrogens with one attached hydrogen (secondary N) is 3. The van der Waals surface area contributed by atoms with E-state index in [2.05, 4.69) is 16.0 Å². The molecule has 0 aliphatic carbocycles. The Kier molecular flexibility index (Phi) is 6.86. The smallest absolute Gasteiger partial charge is 0.262 e. The number of para-hydroxylation sites is 2. The molecule has 0 spiro atoms. The van der Waals surface area contributed by atoms with E-state index < -0.39 is 0 Å². The molecule has 0 saturated carbocycles. The highest BCUT2D eigenvalue weighted by atomic mass is 16.5. The van der Waals surface area contributed by atoms with Crippen molar-refractivity contribution in [2.45, 2.75) is 12.8 Å². The molecule has 1 saturated heterocycles. The average Bonchev–Trinajstić information content (AvgIpc) is 2.73. The lowest BCUT2D eigenvalue weighted by molar-refractivity contribution is -0.120. The van der Waals surface area contributed by atoms with Crippen molar-refractivity contribution in [1.29, 1.82) is 0 Å².